The van der Waals surface area contributed by atoms with E-state index in [9.17, 15) is 28.1 Å². The van der Waals surface area contributed by atoms with Crippen LogP contribution in [0.1, 0.15) is 18.4 Å². The Balaban J connectivity index is 1.79. The van der Waals surface area contributed by atoms with Crippen LogP contribution in [0.25, 0.3) is 10.8 Å². The zero-order valence-corrected chi connectivity index (χ0v) is 18.3. The van der Waals surface area contributed by atoms with E-state index in [1.165, 1.54) is 0 Å². The fourth-order valence-electron chi connectivity index (χ4n) is 2.69. The van der Waals surface area contributed by atoms with E-state index < -0.39 is 64.1 Å². The largest absolute Gasteiger partial charge is 0.497 e. The van der Waals surface area contributed by atoms with Gasteiger partial charge in [-0.2, -0.15) is 0 Å². The molecule has 32 heavy (non-hydrogen) atoms. The number of fused-ring (bicyclic) bond motifs is 1. The molecule has 1 atom stereocenters. The highest BCUT2D eigenvalue weighted by Gasteiger charge is 2.19. The zero-order chi connectivity index (χ0) is 23.7. The van der Waals surface area contributed by atoms with Crippen molar-refractivity contribution in [3.63, 3.8) is 0 Å². The van der Waals surface area contributed by atoms with E-state index in [0.29, 0.717) is 11.3 Å². The second-order valence-corrected chi connectivity index (χ2v) is 9.03. The van der Waals surface area contributed by atoms with Gasteiger partial charge in [0.25, 0.3) is 5.09 Å². The zero-order valence-electron chi connectivity index (χ0n) is 17.5. The maximum absolute atomic E-state index is 12.3. The van der Waals surface area contributed by atoms with Crippen molar-refractivity contribution in [2.45, 2.75) is 12.8 Å². The molecule has 12 heteroatoms. The van der Waals surface area contributed by atoms with E-state index in [4.69, 9.17) is 14.2 Å². The summed E-state index contributed by atoms with van der Waals surface area (Å²) in [4.78, 5) is 37.9. The lowest BCUT2D eigenvalue weighted by molar-refractivity contribution is -0.756. The van der Waals surface area contributed by atoms with Crippen molar-refractivity contribution < 1.29 is 42.1 Å². The number of ether oxygens (including phenoxy) is 3. The van der Waals surface area contributed by atoms with E-state index in [-0.39, 0.29) is 0 Å². The highest BCUT2D eigenvalue weighted by atomic mass is 32.2. The summed E-state index contributed by atoms with van der Waals surface area (Å²) in [5.74, 6) is -2.60. The Kier molecular flexibility index (Phi) is 8.76. The highest BCUT2D eigenvalue weighted by Crippen LogP contribution is 2.25. The lowest BCUT2D eigenvalue weighted by atomic mass is 9.98. The molecule has 0 spiro atoms. The van der Waals surface area contributed by atoms with Gasteiger partial charge in [0.2, 0.25) is 0 Å². The molecule has 0 aliphatic heterocycles. The molecule has 0 aliphatic rings. The number of esters is 2. The van der Waals surface area contributed by atoms with E-state index in [2.05, 4.69) is 4.84 Å². The summed E-state index contributed by atoms with van der Waals surface area (Å²) in [5, 5.41) is 10.8. The molecule has 2 aromatic rings. The average Bonchev–Trinajstić information content (AvgIpc) is 2.75. The Morgan fingerprint density at radius 3 is 2.38 bits per heavy atom. The molecular formula is C20H23NO10S. The monoisotopic (exact) mass is 469 g/mol. The molecule has 11 nitrogen and oxygen atoms in total. The molecular weight excluding hydrogens is 446 g/mol. The van der Waals surface area contributed by atoms with Crippen LogP contribution in [0.3, 0.4) is 0 Å². The van der Waals surface area contributed by atoms with Gasteiger partial charge < -0.3 is 19.0 Å². The number of sulfone groups is 1. The molecule has 1 unspecified atom stereocenters. The summed E-state index contributed by atoms with van der Waals surface area (Å²) < 4.78 is 38.2. The number of carbonyl (C=O) groups excluding carboxylic acids is 2. The molecule has 0 N–H and O–H groups in total. The van der Waals surface area contributed by atoms with Gasteiger partial charge in [-0.25, -0.2) is 13.2 Å². The van der Waals surface area contributed by atoms with Gasteiger partial charge in [0.05, 0.1) is 24.5 Å². The molecule has 2 aromatic carbocycles. The molecule has 0 aromatic heterocycles. The molecule has 0 amide bonds. The van der Waals surface area contributed by atoms with Crippen LogP contribution in [0.5, 0.6) is 5.75 Å². The predicted octanol–water partition coefficient (Wildman–Crippen LogP) is 1.66. The number of hydrogen-bond donors (Lipinski definition) is 0. The third-order valence-electron chi connectivity index (χ3n) is 4.51. The van der Waals surface area contributed by atoms with Gasteiger partial charge in [-0.1, -0.05) is 24.3 Å². The highest BCUT2D eigenvalue weighted by molar-refractivity contribution is 7.91. The third kappa shape index (κ3) is 7.69. The Bertz CT molecular complexity index is 1080. The van der Waals surface area contributed by atoms with Gasteiger partial charge >= 0.3 is 11.9 Å². The number of benzene rings is 2. The van der Waals surface area contributed by atoms with Gasteiger partial charge in [-0.15, -0.1) is 10.1 Å². The standard InChI is InChI=1S/C20H23NO10S/c1-14(15-3-4-17-12-18(28-2)6-5-16(17)11-15)20(23)30-13-19(22)29-7-9-32(26,27)10-8-31-21(24)25/h3-6,11-12,14H,7-10,13H2,1-2H3. The Hall–Kier alpha value is -3.41. The topological polar surface area (TPSA) is 148 Å². The number of methoxy groups -OCH3 is 1. The number of nitrogens with zero attached hydrogens (tertiary/aromatic N) is 1. The van der Waals surface area contributed by atoms with Gasteiger partial charge in [0.1, 0.15) is 19.0 Å². The van der Waals surface area contributed by atoms with E-state index in [1.807, 2.05) is 24.3 Å². The van der Waals surface area contributed by atoms with Crippen molar-refractivity contribution in [2.75, 3.05) is 38.4 Å². The van der Waals surface area contributed by atoms with Crippen LogP contribution in [-0.2, 0) is 33.7 Å². The maximum Gasteiger partial charge on any atom is 0.344 e. The van der Waals surface area contributed by atoms with Gasteiger partial charge in [0.15, 0.2) is 16.4 Å². The summed E-state index contributed by atoms with van der Waals surface area (Å²) in [5.41, 5.74) is 0.698. The van der Waals surface area contributed by atoms with Crippen molar-refractivity contribution in [3.8, 4) is 5.75 Å². The molecule has 0 bridgehead atoms. The minimum absolute atomic E-state index is 0.471. The van der Waals surface area contributed by atoms with Gasteiger partial charge in [0, 0.05) is 0 Å². The Labute approximate surface area is 184 Å². The van der Waals surface area contributed by atoms with Crippen LogP contribution in [-0.4, -0.2) is 63.9 Å². The van der Waals surface area contributed by atoms with Gasteiger partial charge in [-0.3, -0.25) is 4.79 Å². The number of hydrogen-bond acceptors (Lipinski definition) is 10. The molecule has 0 heterocycles. The molecule has 0 fully saturated rings. The van der Waals surface area contributed by atoms with Crippen LogP contribution in [0.15, 0.2) is 36.4 Å². The fourth-order valence-corrected chi connectivity index (χ4v) is 3.56. The van der Waals surface area contributed by atoms with Crippen LogP contribution in [0, 0.1) is 10.1 Å². The first-order valence-corrected chi connectivity index (χ1v) is 11.3. The number of rotatable bonds is 12. The summed E-state index contributed by atoms with van der Waals surface area (Å²) in [7, 11) is -2.12. The van der Waals surface area contributed by atoms with Crippen LogP contribution >= 0.6 is 0 Å². The van der Waals surface area contributed by atoms with E-state index in [0.717, 1.165) is 10.8 Å². The van der Waals surface area contributed by atoms with E-state index in [1.54, 1.807) is 26.2 Å². The summed E-state index contributed by atoms with van der Waals surface area (Å²) >= 11 is 0. The van der Waals surface area contributed by atoms with Crippen molar-refractivity contribution in [1.82, 2.24) is 0 Å². The minimum atomic E-state index is -3.70. The first-order valence-electron chi connectivity index (χ1n) is 9.49. The van der Waals surface area contributed by atoms with Crippen molar-refractivity contribution >= 4 is 32.5 Å². The fraction of sp³-hybridized carbons (Fsp3) is 0.400. The van der Waals surface area contributed by atoms with Crippen LogP contribution < -0.4 is 4.74 Å². The molecule has 0 radical (unpaired) electrons. The summed E-state index contributed by atoms with van der Waals surface area (Å²) in [6.07, 6.45) is 0. The molecule has 0 aliphatic carbocycles. The molecule has 0 saturated heterocycles. The van der Waals surface area contributed by atoms with Crippen molar-refractivity contribution in [3.05, 3.63) is 52.1 Å². The maximum atomic E-state index is 12.3. The van der Waals surface area contributed by atoms with Crippen LogP contribution in [0.2, 0.25) is 0 Å². The molecule has 174 valence electrons. The van der Waals surface area contributed by atoms with Gasteiger partial charge in [-0.05, 0) is 35.4 Å². The summed E-state index contributed by atoms with van der Waals surface area (Å²) in [6, 6.07) is 11.0. The van der Waals surface area contributed by atoms with Crippen molar-refractivity contribution in [2.24, 2.45) is 0 Å². The van der Waals surface area contributed by atoms with Crippen molar-refractivity contribution in [1.29, 1.82) is 0 Å². The quantitative estimate of drug-likeness (QED) is 0.255. The molecule has 0 saturated carbocycles. The predicted molar refractivity (Wildman–Crippen MR) is 112 cm³/mol. The minimum Gasteiger partial charge on any atom is -0.497 e. The number of carbonyl (C=O) groups is 2. The van der Waals surface area contributed by atoms with Crippen LogP contribution in [0.4, 0.5) is 0 Å². The Morgan fingerprint density at radius 1 is 1.03 bits per heavy atom. The first kappa shape index (κ1) is 24.9. The second-order valence-electron chi connectivity index (χ2n) is 6.73. The normalized spacial score (nSPS) is 12.1. The SMILES string of the molecule is COc1ccc2cc(C(C)C(=O)OCC(=O)OCCS(=O)(=O)CCO[N+](=O)[O-])ccc2c1. The van der Waals surface area contributed by atoms with E-state index >= 15 is 0 Å². The third-order valence-corrected chi connectivity index (χ3v) is 6.08. The average molecular weight is 469 g/mol. The smallest absolute Gasteiger partial charge is 0.344 e. The lowest BCUT2D eigenvalue weighted by Gasteiger charge is -2.13. The lowest BCUT2D eigenvalue weighted by Crippen LogP contribution is -2.24. The Morgan fingerprint density at radius 2 is 1.69 bits per heavy atom. The molecule has 2 rings (SSSR count). The first-order chi connectivity index (χ1) is 15.1. The second kappa shape index (κ2) is 11.3. The summed E-state index contributed by atoms with van der Waals surface area (Å²) in [6.45, 7) is -0.113.